The highest BCUT2D eigenvalue weighted by Gasteiger charge is 2.30. The van der Waals surface area contributed by atoms with Gasteiger partial charge in [0.25, 0.3) is 0 Å². The van der Waals surface area contributed by atoms with Crippen LogP contribution in [0.3, 0.4) is 0 Å². The summed E-state index contributed by atoms with van der Waals surface area (Å²) in [5, 5.41) is 12.2. The van der Waals surface area contributed by atoms with Gasteiger partial charge in [0.2, 0.25) is 0 Å². The van der Waals surface area contributed by atoms with Gasteiger partial charge in [0.1, 0.15) is 0 Å². The van der Waals surface area contributed by atoms with Crippen LogP contribution in [0.5, 0.6) is 0 Å². The molecule has 1 aromatic rings. The second-order valence-corrected chi connectivity index (χ2v) is 4.30. The lowest BCUT2D eigenvalue weighted by Crippen LogP contribution is -2.33. The molecule has 0 bridgehead atoms. The highest BCUT2D eigenvalue weighted by atomic mass is 19.4. The van der Waals surface area contributed by atoms with Crippen molar-refractivity contribution in [2.24, 2.45) is 0 Å². The minimum atomic E-state index is -4.30. The fraction of sp³-hybridized carbons (Fsp3) is 0.538. The Bertz CT molecular complexity index is 357. The number of benzene rings is 1. The fourth-order valence-corrected chi connectivity index (χ4v) is 1.71. The quantitative estimate of drug-likeness (QED) is 0.853. The molecule has 1 aromatic carbocycles. The van der Waals surface area contributed by atoms with Gasteiger partial charge in [-0.1, -0.05) is 19.1 Å². The molecule has 0 radical (unpaired) electrons. The molecule has 2 N–H and O–H groups in total. The average molecular weight is 261 g/mol. The number of aliphatic hydroxyl groups is 1. The van der Waals surface area contributed by atoms with Crippen molar-refractivity contribution in [3.63, 3.8) is 0 Å². The van der Waals surface area contributed by atoms with E-state index >= 15 is 0 Å². The Labute approximate surface area is 105 Å². The van der Waals surface area contributed by atoms with Gasteiger partial charge in [-0.2, -0.15) is 13.2 Å². The second-order valence-electron chi connectivity index (χ2n) is 4.30. The predicted octanol–water partition coefficient (Wildman–Crippen LogP) is 3.13. The van der Waals surface area contributed by atoms with E-state index in [9.17, 15) is 13.2 Å². The molecule has 2 nitrogen and oxygen atoms in total. The maximum absolute atomic E-state index is 12.4. The van der Waals surface area contributed by atoms with E-state index in [2.05, 4.69) is 5.32 Å². The topological polar surface area (TPSA) is 32.3 Å². The molecular formula is C13H18F3NO. The molecule has 0 spiro atoms. The van der Waals surface area contributed by atoms with Crippen molar-refractivity contribution in [1.29, 1.82) is 0 Å². The van der Waals surface area contributed by atoms with Crippen LogP contribution in [0.1, 0.15) is 37.4 Å². The maximum Gasteiger partial charge on any atom is 0.416 e. The summed E-state index contributed by atoms with van der Waals surface area (Å²) in [6, 6.07) is 4.95. The van der Waals surface area contributed by atoms with Crippen molar-refractivity contribution in [2.75, 3.05) is 6.61 Å². The van der Waals surface area contributed by atoms with Gasteiger partial charge < -0.3 is 10.4 Å². The number of nitrogens with one attached hydrogen (secondary N) is 1. The predicted molar refractivity (Wildman–Crippen MR) is 64.2 cm³/mol. The van der Waals surface area contributed by atoms with Crippen LogP contribution in [-0.4, -0.2) is 17.8 Å². The molecule has 1 rings (SSSR count). The first kappa shape index (κ1) is 15.0. The summed E-state index contributed by atoms with van der Waals surface area (Å²) in [6.07, 6.45) is -3.53. The second kappa shape index (κ2) is 6.20. The molecular weight excluding hydrogens is 243 g/mol. The van der Waals surface area contributed by atoms with Gasteiger partial charge in [-0.15, -0.1) is 0 Å². The molecule has 2 atom stereocenters. The molecule has 0 fully saturated rings. The lowest BCUT2D eigenvalue weighted by atomic mass is 10.0. The normalized spacial score (nSPS) is 15.4. The smallest absolute Gasteiger partial charge is 0.395 e. The Morgan fingerprint density at radius 3 is 2.17 bits per heavy atom. The third-order valence-electron chi connectivity index (χ3n) is 2.94. The van der Waals surface area contributed by atoms with E-state index in [-0.39, 0.29) is 18.7 Å². The molecule has 18 heavy (non-hydrogen) atoms. The van der Waals surface area contributed by atoms with Gasteiger partial charge in [-0.3, -0.25) is 0 Å². The Morgan fingerprint density at radius 2 is 1.78 bits per heavy atom. The lowest BCUT2D eigenvalue weighted by molar-refractivity contribution is -0.137. The van der Waals surface area contributed by atoms with Crippen LogP contribution in [0, 0.1) is 0 Å². The first-order valence-electron chi connectivity index (χ1n) is 5.92. The summed E-state index contributed by atoms with van der Waals surface area (Å²) >= 11 is 0. The van der Waals surface area contributed by atoms with E-state index in [1.807, 2.05) is 13.8 Å². The highest BCUT2D eigenvalue weighted by Crippen LogP contribution is 2.29. The molecule has 0 aliphatic carbocycles. The van der Waals surface area contributed by atoms with Crippen LogP contribution < -0.4 is 5.32 Å². The van der Waals surface area contributed by atoms with Gasteiger partial charge >= 0.3 is 6.18 Å². The summed E-state index contributed by atoms with van der Waals surface area (Å²) in [5.74, 6) is 0. The van der Waals surface area contributed by atoms with Gasteiger partial charge in [-0.05, 0) is 31.0 Å². The molecule has 0 aliphatic heterocycles. The van der Waals surface area contributed by atoms with Crippen molar-refractivity contribution in [3.05, 3.63) is 35.4 Å². The summed E-state index contributed by atoms with van der Waals surface area (Å²) in [6.45, 7) is 3.82. The molecule has 0 saturated carbocycles. The van der Waals surface area contributed by atoms with Crippen molar-refractivity contribution >= 4 is 0 Å². The fourth-order valence-electron chi connectivity index (χ4n) is 1.71. The Balaban J connectivity index is 2.73. The number of rotatable bonds is 5. The molecule has 0 aliphatic rings. The number of halogens is 3. The zero-order valence-corrected chi connectivity index (χ0v) is 10.5. The number of aliphatic hydroxyl groups excluding tert-OH is 1. The maximum atomic E-state index is 12.4. The third kappa shape index (κ3) is 3.99. The van der Waals surface area contributed by atoms with Gasteiger partial charge in [0.15, 0.2) is 0 Å². The standard InChI is InChI=1S/C13H18F3NO/c1-3-12(8-18)17-9(2)10-4-6-11(7-5-10)13(14,15)16/h4-7,9,12,17-18H,3,8H2,1-2H3/t9?,12-/m0/s1. The van der Waals surface area contributed by atoms with Crippen LogP contribution in [0.25, 0.3) is 0 Å². The number of hydrogen-bond acceptors (Lipinski definition) is 2. The molecule has 0 aromatic heterocycles. The Morgan fingerprint density at radius 1 is 1.22 bits per heavy atom. The van der Waals surface area contributed by atoms with E-state index in [0.717, 1.165) is 24.1 Å². The van der Waals surface area contributed by atoms with Crippen LogP contribution >= 0.6 is 0 Å². The van der Waals surface area contributed by atoms with Crippen molar-refractivity contribution in [2.45, 2.75) is 38.5 Å². The SMILES string of the molecule is CC[C@@H](CO)NC(C)c1ccc(C(F)(F)F)cc1. The van der Waals surface area contributed by atoms with Crippen molar-refractivity contribution < 1.29 is 18.3 Å². The molecule has 102 valence electrons. The molecule has 0 saturated heterocycles. The first-order chi connectivity index (χ1) is 8.38. The van der Waals surface area contributed by atoms with Gasteiger partial charge in [0.05, 0.1) is 12.2 Å². The first-order valence-corrected chi connectivity index (χ1v) is 5.92. The van der Waals surface area contributed by atoms with Crippen LogP contribution in [0.15, 0.2) is 24.3 Å². The van der Waals surface area contributed by atoms with Crippen LogP contribution in [-0.2, 0) is 6.18 Å². The zero-order valence-electron chi connectivity index (χ0n) is 10.5. The van der Waals surface area contributed by atoms with E-state index in [4.69, 9.17) is 5.11 Å². The minimum Gasteiger partial charge on any atom is -0.395 e. The monoisotopic (exact) mass is 261 g/mol. The minimum absolute atomic E-state index is 0.0154. The van der Waals surface area contributed by atoms with E-state index in [1.165, 1.54) is 12.1 Å². The van der Waals surface area contributed by atoms with Crippen LogP contribution in [0.2, 0.25) is 0 Å². The summed E-state index contributed by atoms with van der Waals surface area (Å²) in [4.78, 5) is 0. The Hall–Kier alpha value is -1.07. The zero-order chi connectivity index (χ0) is 13.8. The molecule has 1 unspecified atom stereocenters. The molecule has 0 amide bonds. The number of alkyl halides is 3. The lowest BCUT2D eigenvalue weighted by Gasteiger charge is -2.21. The van der Waals surface area contributed by atoms with Gasteiger partial charge in [-0.25, -0.2) is 0 Å². The largest absolute Gasteiger partial charge is 0.416 e. The molecule has 5 heteroatoms. The summed E-state index contributed by atoms with van der Waals surface area (Å²) < 4.78 is 37.2. The van der Waals surface area contributed by atoms with Gasteiger partial charge in [0, 0.05) is 12.1 Å². The summed E-state index contributed by atoms with van der Waals surface area (Å²) in [7, 11) is 0. The third-order valence-corrected chi connectivity index (χ3v) is 2.94. The van der Waals surface area contributed by atoms with E-state index in [0.29, 0.717) is 0 Å². The Kier molecular flexibility index (Phi) is 5.16. The average Bonchev–Trinajstić information content (AvgIpc) is 2.34. The number of hydrogen-bond donors (Lipinski definition) is 2. The molecule has 0 heterocycles. The van der Waals surface area contributed by atoms with Crippen molar-refractivity contribution in [1.82, 2.24) is 5.32 Å². The van der Waals surface area contributed by atoms with E-state index in [1.54, 1.807) is 0 Å². The highest BCUT2D eigenvalue weighted by molar-refractivity contribution is 5.26. The van der Waals surface area contributed by atoms with Crippen LogP contribution in [0.4, 0.5) is 13.2 Å². The van der Waals surface area contributed by atoms with Crippen molar-refractivity contribution in [3.8, 4) is 0 Å². The van der Waals surface area contributed by atoms with E-state index < -0.39 is 11.7 Å². The summed E-state index contributed by atoms with van der Waals surface area (Å²) in [5.41, 5.74) is 0.127.